The smallest absolute Gasteiger partial charge is 0.251 e. The molecule has 0 aromatic rings. The number of piperidine rings is 1. The third-order valence-electron chi connectivity index (χ3n) is 5.52. The number of carbonyl (C=O) groups excluding carboxylic acids is 1. The standard InChI is InChI=1S/C18H32N2O3/c1-15(23-14-17-8-2-5-12-22-17)18(21)20-11-6-7-16(13-20)19-9-3-4-10-19/h15-17H,2-14H2,1H3/t15-,16+,17+/m0/s1. The Morgan fingerprint density at radius 3 is 2.70 bits per heavy atom. The number of hydrogen-bond donors (Lipinski definition) is 0. The van der Waals surface area contributed by atoms with E-state index in [1.165, 1.54) is 38.8 Å². The van der Waals surface area contributed by atoms with Crippen LogP contribution < -0.4 is 0 Å². The molecule has 3 fully saturated rings. The van der Waals surface area contributed by atoms with Crippen LogP contribution in [0, 0.1) is 0 Å². The Bertz CT molecular complexity index is 378. The predicted molar refractivity (Wildman–Crippen MR) is 89.4 cm³/mol. The lowest BCUT2D eigenvalue weighted by Gasteiger charge is -2.38. The van der Waals surface area contributed by atoms with E-state index in [0.29, 0.717) is 12.6 Å². The molecule has 0 spiro atoms. The van der Waals surface area contributed by atoms with Crippen molar-refractivity contribution in [1.82, 2.24) is 9.80 Å². The van der Waals surface area contributed by atoms with Gasteiger partial charge in [-0.2, -0.15) is 0 Å². The Hall–Kier alpha value is -0.650. The van der Waals surface area contributed by atoms with Gasteiger partial charge in [0.15, 0.2) is 0 Å². The first-order valence-corrected chi connectivity index (χ1v) is 9.50. The van der Waals surface area contributed by atoms with Crippen LogP contribution in [-0.2, 0) is 14.3 Å². The molecule has 23 heavy (non-hydrogen) atoms. The number of hydrogen-bond acceptors (Lipinski definition) is 4. The van der Waals surface area contributed by atoms with Crippen LogP contribution in [0.5, 0.6) is 0 Å². The van der Waals surface area contributed by atoms with Gasteiger partial charge in [0.25, 0.3) is 5.91 Å². The first kappa shape index (κ1) is 17.2. The maximum Gasteiger partial charge on any atom is 0.251 e. The second-order valence-electron chi connectivity index (χ2n) is 7.29. The van der Waals surface area contributed by atoms with Crippen molar-refractivity contribution in [3.05, 3.63) is 0 Å². The van der Waals surface area contributed by atoms with Crippen LogP contribution in [-0.4, -0.2) is 73.3 Å². The Morgan fingerprint density at radius 1 is 1.13 bits per heavy atom. The van der Waals surface area contributed by atoms with Gasteiger partial charge in [0.1, 0.15) is 6.10 Å². The summed E-state index contributed by atoms with van der Waals surface area (Å²) in [6.45, 7) is 7.46. The van der Waals surface area contributed by atoms with Crippen LogP contribution >= 0.6 is 0 Å². The van der Waals surface area contributed by atoms with Crippen LogP contribution in [0.1, 0.15) is 51.9 Å². The Labute approximate surface area is 140 Å². The zero-order valence-electron chi connectivity index (χ0n) is 14.5. The maximum atomic E-state index is 12.7. The first-order valence-electron chi connectivity index (χ1n) is 9.50. The molecule has 0 aliphatic carbocycles. The lowest BCUT2D eigenvalue weighted by molar-refractivity contribution is -0.148. The summed E-state index contributed by atoms with van der Waals surface area (Å²) < 4.78 is 11.5. The van der Waals surface area contributed by atoms with Gasteiger partial charge in [-0.15, -0.1) is 0 Å². The van der Waals surface area contributed by atoms with Crippen molar-refractivity contribution in [3.63, 3.8) is 0 Å². The number of nitrogens with zero attached hydrogens (tertiary/aromatic N) is 2. The zero-order valence-corrected chi connectivity index (χ0v) is 14.5. The number of amides is 1. The Kier molecular flexibility index (Phi) is 6.31. The first-order chi connectivity index (χ1) is 11.2. The molecule has 0 N–H and O–H groups in total. The minimum atomic E-state index is -0.349. The van der Waals surface area contributed by atoms with Crippen molar-refractivity contribution in [2.45, 2.75) is 70.1 Å². The van der Waals surface area contributed by atoms with Gasteiger partial charge in [0.05, 0.1) is 12.7 Å². The van der Waals surface area contributed by atoms with Crippen molar-refractivity contribution in [2.75, 3.05) is 39.4 Å². The molecule has 3 saturated heterocycles. The van der Waals surface area contributed by atoms with E-state index >= 15 is 0 Å². The molecule has 0 unspecified atom stereocenters. The van der Waals surface area contributed by atoms with Gasteiger partial charge in [-0.3, -0.25) is 9.69 Å². The van der Waals surface area contributed by atoms with Gasteiger partial charge in [-0.1, -0.05) is 0 Å². The molecule has 3 aliphatic heterocycles. The Balaban J connectivity index is 1.44. The lowest BCUT2D eigenvalue weighted by Crippen LogP contribution is -2.51. The number of rotatable bonds is 5. The summed E-state index contributed by atoms with van der Waals surface area (Å²) in [4.78, 5) is 17.3. The molecule has 1 amide bonds. The minimum absolute atomic E-state index is 0.157. The number of carbonyl (C=O) groups is 1. The molecule has 0 aromatic carbocycles. The van der Waals surface area contributed by atoms with Gasteiger partial charge < -0.3 is 14.4 Å². The van der Waals surface area contributed by atoms with Crippen molar-refractivity contribution >= 4 is 5.91 Å². The van der Waals surface area contributed by atoms with Crippen molar-refractivity contribution in [3.8, 4) is 0 Å². The third-order valence-corrected chi connectivity index (χ3v) is 5.52. The van der Waals surface area contributed by atoms with Crippen molar-refractivity contribution in [1.29, 1.82) is 0 Å². The van der Waals surface area contributed by atoms with E-state index < -0.39 is 0 Å². The summed E-state index contributed by atoms with van der Waals surface area (Å²) in [5, 5.41) is 0. The molecule has 0 saturated carbocycles. The summed E-state index contributed by atoms with van der Waals surface area (Å²) in [7, 11) is 0. The van der Waals surface area contributed by atoms with E-state index in [4.69, 9.17) is 9.47 Å². The molecule has 132 valence electrons. The lowest BCUT2D eigenvalue weighted by atomic mass is 10.0. The molecular weight excluding hydrogens is 292 g/mol. The van der Waals surface area contributed by atoms with Gasteiger partial charge in [0.2, 0.25) is 0 Å². The minimum Gasteiger partial charge on any atom is -0.376 e. The molecule has 3 heterocycles. The van der Waals surface area contributed by atoms with E-state index in [1.54, 1.807) is 0 Å². The average molecular weight is 324 g/mol. The second kappa shape index (κ2) is 8.45. The quantitative estimate of drug-likeness (QED) is 0.776. The van der Waals surface area contributed by atoms with Crippen LogP contribution in [0.4, 0.5) is 0 Å². The number of ether oxygens (including phenoxy) is 2. The van der Waals surface area contributed by atoms with Gasteiger partial charge in [0, 0.05) is 25.7 Å². The molecule has 5 heteroatoms. The monoisotopic (exact) mass is 324 g/mol. The zero-order chi connectivity index (χ0) is 16.1. The fourth-order valence-corrected chi connectivity index (χ4v) is 4.08. The third kappa shape index (κ3) is 4.68. The Morgan fingerprint density at radius 2 is 1.96 bits per heavy atom. The summed E-state index contributed by atoms with van der Waals surface area (Å²) in [5.41, 5.74) is 0. The van der Waals surface area contributed by atoms with Gasteiger partial charge in [-0.05, 0) is 65.0 Å². The largest absolute Gasteiger partial charge is 0.376 e. The van der Waals surface area contributed by atoms with Crippen LogP contribution in [0.25, 0.3) is 0 Å². The van der Waals surface area contributed by atoms with E-state index in [-0.39, 0.29) is 18.1 Å². The molecule has 0 radical (unpaired) electrons. The molecule has 0 bridgehead atoms. The summed E-state index contributed by atoms with van der Waals surface area (Å²) >= 11 is 0. The van der Waals surface area contributed by atoms with Crippen molar-refractivity contribution < 1.29 is 14.3 Å². The highest BCUT2D eigenvalue weighted by Gasteiger charge is 2.31. The highest BCUT2D eigenvalue weighted by Crippen LogP contribution is 2.21. The predicted octanol–water partition coefficient (Wildman–Crippen LogP) is 2.05. The van der Waals surface area contributed by atoms with Gasteiger partial charge >= 0.3 is 0 Å². The molecule has 0 aromatic heterocycles. The summed E-state index contributed by atoms with van der Waals surface area (Å²) in [5.74, 6) is 0.157. The molecular formula is C18H32N2O3. The highest BCUT2D eigenvalue weighted by molar-refractivity contribution is 5.80. The molecule has 3 rings (SSSR count). The molecule has 5 nitrogen and oxygen atoms in total. The highest BCUT2D eigenvalue weighted by atomic mass is 16.5. The summed E-state index contributed by atoms with van der Waals surface area (Å²) in [6, 6.07) is 0.559. The fourth-order valence-electron chi connectivity index (χ4n) is 4.08. The number of likely N-dealkylation sites (tertiary alicyclic amines) is 2. The van der Waals surface area contributed by atoms with E-state index in [0.717, 1.165) is 39.0 Å². The van der Waals surface area contributed by atoms with E-state index in [1.807, 2.05) is 11.8 Å². The SMILES string of the molecule is C[C@H](OC[C@H]1CCCCO1)C(=O)N1CCC[C@@H](N2CCCC2)C1. The molecule has 3 atom stereocenters. The van der Waals surface area contributed by atoms with Crippen LogP contribution in [0.3, 0.4) is 0 Å². The van der Waals surface area contributed by atoms with Crippen molar-refractivity contribution in [2.24, 2.45) is 0 Å². The van der Waals surface area contributed by atoms with E-state index in [9.17, 15) is 4.79 Å². The normalized spacial score (nSPS) is 31.3. The second-order valence-corrected chi connectivity index (χ2v) is 7.29. The van der Waals surface area contributed by atoms with Gasteiger partial charge in [-0.25, -0.2) is 0 Å². The van der Waals surface area contributed by atoms with Crippen LogP contribution in [0.15, 0.2) is 0 Å². The van der Waals surface area contributed by atoms with E-state index in [2.05, 4.69) is 4.90 Å². The molecule has 3 aliphatic rings. The average Bonchev–Trinajstić information content (AvgIpc) is 3.15. The topological polar surface area (TPSA) is 42.0 Å². The fraction of sp³-hybridized carbons (Fsp3) is 0.944. The maximum absolute atomic E-state index is 12.7. The van der Waals surface area contributed by atoms with Crippen LogP contribution in [0.2, 0.25) is 0 Å². The summed E-state index contributed by atoms with van der Waals surface area (Å²) in [6.07, 6.45) is 8.21.